The molecule has 1 aliphatic rings. The maximum Gasteiger partial charge on any atom is 2.00 e. The van der Waals surface area contributed by atoms with Crippen molar-refractivity contribution >= 4 is 11.4 Å². The third-order valence-electron chi connectivity index (χ3n) is 21.1. The van der Waals surface area contributed by atoms with Crippen LogP contribution in [-0.4, -0.2) is 4.70 Å². The Morgan fingerprint density at radius 1 is 0.258 bits per heavy atom. The maximum absolute atomic E-state index is 11.9. The molecular weight excluding hydrogens is 1220 g/mol. The molecular formula is C94H170N2Ni. The van der Waals surface area contributed by atoms with E-state index in [-0.39, 0.29) is 16.5 Å². The summed E-state index contributed by atoms with van der Waals surface area (Å²) in [4.78, 5) is 0. The van der Waals surface area contributed by atoms with Crippen molar-refractivity contribution in [1.29, 1.82) is 0 Å². The first-order chi connectivity index (χ1) is 47.5. The van der Waals surface area contributed by atoms with Gasteiger partial charge in [-0.2, -0.15) is 12.8 Å². The van der Waals surface area contributed by atoms with Gasteiger partial charge in [-0.25, -0.2) is 4.70 Å². The van der Waals surface area contributed by atoms with Crippen LogP contribution < -0.4 is 0 Å². The van der Waals surface area contributed by atoms with Crippen LogP contribution >= 0.6 is 0 Å². The molecule has 0 aromatic heterocycles. The number of hydrogen-bond acceptors (Lipinski definition) is 0. The van der Waals surface area contributed by atoms with Gasteiger partial charge in [-0.05, 0) is 73.9 Å². The van der Waals surface area contributed by atoms with Crippen molar-refractivity contribution in [3.8, 4) is 0 Å². The Labute approximate surface area is 621 Å². The number of aryl methyl sites for hydroxylation is 2. The van der Waals surface area contributed by atoms with E-state index in [0.717, 1.165) is 54.6 Å². The molecule has 2 aromatic rings. The molecule has 0 amide bonds. The Morgan fingerprint density at radius 3 is 0.711 bits per heavy atom. The predicted octanol–water partition coefficient (Wildman–Crippen LogP) is 34.2. The number of rotatable bonds is 71. The predicted molar refractivity (Wildman–Crippen MR) is 436 cm³/mol. The van der Waals surface area contributed by atoms with Crippen molar-refractivity contribution in [1.82, 2.24) is 0 Å². The smallest absolute Gasteiger partial charge is 0.493 e. The van der Waals surface area contributed by atoms with E-state index < -0.39 is 0 Å². The van der Waals surface area contributed by atoms with Gasteiger partial charge in [0.05, 0.1) is 0 Å². The van der Waals surface area contributed by atoms with Crippen molar-refractivity contribution in [2.75, 3.05) is 0 Å². The molecule has 0 fully saturated rings. The van der Waals surface area contributed by atoms with Crippen LogP contribution in [0.4, 0.5) is 0 Å². The molecule has 2 aromatic carbocycles. The fourth-order valence-electron chi connectivity index (χ4n) is 14.6. The molecule has 0 atom stereocenters. The quantitative estimate of drug-likeness (QED) is 0.0273. The molecule has 566 valence electrons. The number of nitrogens with zero attached hydrogens (tertiary/aromatic N) is 2. The van der Waals surface area contributed by atoms with Gasteiger partial charge in [-0.3, -0.25) is 0 Å². The van der Waals surface area contributed by atoms with Gasteiger partial charge in [0.2, 0.25) is 11.4 Å². The van der Waals surface area contributed by atoms with Gasteiger partial charge >= 0.3 is 16.5 Å². The van der Waals surface area contributed by atoms with Crippen LogP contribution in [-0.2, 0) is 29.3 Å². The van der Waals surface area contributed by atoms with Gasteiger partial charge in [-0.1, -0.05) is 463 Å². The number of benzene rings is 2. The first-order valence-electron chi connectivity index (χ1n) is 44.2. The number of allylic oxidation sites excluding steroid dienone is 2. The van der Waals surface area contributed by atoms with E-state index in [2.05, 4.69) is 103 Å². The van der Waals surface area contributed by atoms with E-state index in [0.29, 0.717) is 0 Å². The topological polar surface area (TPSA) is 25.3 Å². The van der Waals surface area contributed by atoms with Crippen LogP contribution in [0, 0.1) is 13.8 Å². The fraction of sp³-hybridized carbons (Fsp3) is 0.809. The zero-order chi connectivity index (χ0) is 69.2. The van der Waals surface area contributed by atoms with Crippen molar-refractivity contribution in [2.24, 2.45) is 0 Å². The van der Waals surface area contributed by atoms with E-state index in [4.69, 9.17) is 0 Å². The van der Waals surface area contributed by atoms with Gasteiger partial charge in [0.25, 0.3) is 0 Å². The first kappa shape index (κ1) is 95.0. The third-order valence-corrected chi connectivity index (χ3v) is 21.1. The van der Waals surface area contributed by atoms with E-state index in [1.54, 1.807) is 0 Å². The molecule has 0 aliphatic carbocycles. The van der Waals surface area contributed by atoms with Crippen LogP contribution in [0.1, 0.15) is 500 Å². The normalized spacial score (nSPS) is 12.1. The summed E-state index contributed by atoms with van der Waals surface area (Å²) in [5.41, 5.74) is 20.2. The third kappa shape index (κ3) is 61.2. The molecule has 97 heavy (non-hydrogen) atoms. The molecule has 0 unspecified atom stereocenters. The van der Waals surface area contributed by atoms with E-state index in [1.165, 1.54) is 445 Å². The summed E-state index contributed by atoms with van der Waals surface area (Å²) in [7, 11) is 0. The van der Waals surface area contributed by atoms with Crippen LogP contribution in [0.2, 0.25) is 0 Å². The van der Waals surface area contributed by atoms with Gasteiger partial charge in [0, 0.05) is 22.8 Å². The summed E-state index contributed by atoms with van der Waals surface area (Å²) in [5.74, 6) is 0. The molecule has 0 spiro atoms. The molecule has 0 saturated carbocycles. The first-order valence-corrected chi connectivity index (χ1v) is 44.2. The second kappa shape index (κ2) is 78.2. The zero-order valence-corrected chi connectivity index (χ0v) is 67.5. The Morgan fingerprint density at radius 2 is 0.464 bits per heavy atom. The molecule has 2 nitrogen and oxygen atoms in total. The van der Waals surface area contributed by atoms with Crippen LogP contribution in [0.25, 0.3) is 16.9 Å². The van der Waals surface area contributed by atoms with Crippen LogP contribution in [0.3, 0.4) is 0 Å². The van der Waals surface area contributed by atoms with Crippen molar-refractivity contribution in [2.45, 2.75) is 490 Å². The minimum absolute atomic E-state index is 0. The van der Waals surface area contributed by atoms with E-state index >= 15 is 0 Å². The molecule has 3 heteroatoms. The van der Waals surface area contributed by atoms with Crippen molar-refractivity contribution in [3.63, 3.8) is 0 Å². The summed E-state index contributed by atoms with van der Waals surface area (Å²) in [5, 5.41) is 0. The summed E-state index contributed by atoms with van der Waals surface area (Å²) in [6.07, 6.45) is 101. The standard InChI is InChI=1S/C54H88N2.2C20H41.Ni/c1-4-7-10-13-16-18-20-22-24-26-28-30-33-38-48-40-36-43-50(45-48)53-47-52(42-35-32-15-12-9-6-3)54(56(53)55)51-44-37-41-49(46-51)39-34-31-29-27-25-23-21-19-17-14-11-8-5-2;2*1-3-5-7-9-11-13-15-17-19-20-18-16-14-12-10-8-6-4-2;/h36-37,40-41,43-47H,4-35,38-39,42H2,1-3H3;2*1,3-20H2,2H3;/q;2*-1;+2. The second-order valence-corrected chi connectivity index (χ2v) is 30.6. The molecule has 1 aliphatic heterocycles. The minimum atomic E-state index is 0. The van der Waals surface area contributed by atoms with Gasteiger partial charge in [0.1, 0.15) is 0 Å². The van der Waals surface area contributed by atoms with Crippen molar-refractivity contribution < 1.29 is 21.2 Å². The molecule has 0 radical (unpaired) electrons. The Kier molecular flexibility index (Phi) is 76.6. The van der Waals surface area contributed by atoms with E-state index in [9.17, 15) is 5.53 Å². The Hall–Kier alpha value is -1.99. The Bertz CT molecular complexity index is 1890. The largest absolute Gasteiger partial charge is 2.00 e. The Balaban J connectivity index is 0.00000183. The van der Waals surface area contributed by atoms with Crippen LogP contribution in [0.15, 0.2) is 60.2 Å². The van der Waals surface area contributed by atoms with E-state index in [1.807, 2.05) is 0 Å². The van der Waals surface area contributed by atoms with Gasteiger partial charge < -0.3 is 19.4 Å². The monoisotopic (exact) mass is 1390 g/mol. The van der Waals surface area contributed by atoms with Crippen LogP contribution in [0.5, 0.6) is 0 Å². The molecule has 0 bridgehead atoms. The minimum Gasteiger partial charge on any atom is -0.493 e. The SMILES string of the molecule is CCCCCCCCCCCCCCCc1cccc(C2=CC(CCCCCCCC)=C(c3cccc(CCCCCCCCCCCCCCC)c3)[N+]2=[N-])c1.[CH2-]CCCCCCCCCCCCCCCCCCC.[CH2-]CCCCCCCCCCCCCCCCCCC.[Ni+2]. The molecule has 3 rings (SSSR count). The summed E-state index contributed by atoms with van der Waals surface area (Å²) < 4.78 is 1.53. The molecule has 0 saturated heterocycles. The van der Waals surface area contributed by atoms with Gasteiger partial charge in [-0.15, -0.1) is 0 Å². The van der Waals surface area contributed by atoms with Crippen molar-refractivity contribution in [3.05, 3.63) is 102 Å². The van der Waals surface area contributed by atoms with Gasteiger partial charge in [0.15, 0.2) is 0 Å². The number of hydrogen-bond donors (Lipinski definition) is 0. The second-order valence-electron chi connectivity index (χ2n) is 30.6. The average molecular weight is 1390 g/mol. The summed E-state index contributed by atoms with van der Waals surface area (Å²) in [6.45, 7) is 19.3. The molecule has 0 N–H and O–H groups in total. The number of unbranched alkanes of at least 4 members (excludes halogenated alkanes) is 63. The maximum atomic E-state index is 11.9. The molecule has 1 heterocycles. The average Bonchev–Trinajstić information content (AvgIpc) is 1.65. The summed E-state index contributed by atoms with van der Waals surface area (Å²) in [6, 6.07) is 18.1. The summed E-state index contributed by atoms with van der Waals surface area (Å²) >= 11 is 0. The fourth-order valence-corrected chi connectivity index (χ4v) is 14.6. The zero-order valence-electron chi connectivity index (χ0n) is 66.5.